The summed E-state index contributed by atoms with van der Waals surface area (Å²) in [5, 5.41) is 6.39. The summed E-state index contributed by atoms with van der Waals surface area (Å²) in [4.78, 5) is 23.5. The summed E-state index contributed by atoms with van der Waals surface area (Å²) in [7, 11) is 0. The molecule has 2 aromatic rings. The van der Waals surface area contributed by atoms with Crippen LogP contribution in [-0.4, -0.2) is 31.2 Å². The molecule has 0 atom stereocenters. The molecule has 0 aliphatic carbocycles. The van der Waals surface area contributed by atoms with Gasteiger partial charge >= 0.3 is 11.8 Å². The number of hydrazone groups is 1. The highest BCUT2D eigenvalue weighted by molar-refractivity contribution is 9.10. The van der Waals surface area contributed by atoms with Gasteiger partial charge in [0.1, 0.15) is 5.75 Å². The number of hydrogen-bond acceptors (Lipinski definition) is 4. The van der Waals surface area contributed by atoms with Crippen molar-refractivity contribution in [3.8, 4) is 5.75 Å². The van der Waals surface area contributed by atoms with Crippen LogP contribution in [0.2, 0.25) is 0 Å². The fraction of sp³-hybridized carbons (Fsp3) is 0.211. The van der Waals surface area contributed by atoms with Crippen LogP contribution < -0.4 is 15.5 Å². The highest BCUT2D eigenvalue weighted by atomic mass is 79.9. The van der Waals surface area contributed by atoms with Gasteiger partial charge in [-0.3, -0.25) is 9.59 Å². The summed E-state index contributed by atoms with van der Waals surface area (Å²) in [6, 6.07) is 15.2. The summed E-state index contributed by atoms with van der Waals surface area (Å²) in [6.07, 6.45) is 2.09. The zero-order valence-electron chi connectivity index (χ0n) is 14.4. The smallest absolute Gasteiger partial charge is 0.329 e. The van der Waals surface area contributed by atoms with Crippen LogP contribution in [0.5, 0.6) is 5.75 Å². The fourth-order valence-corrected chi connectivity index (χ4v) is 2.54. The quantitative estimate of drug-likeness (QED) is 0.412. The molecule has 0 aliphatic rings. The largest absolute Gasteiger partial charge is 0.493 e. The van der Waals surface area contributed by atoms with E-state index in [0.29, 0.717) is 30.9 Å². The first-order valence-electron chi connectivity index (χ1n) is 8.17. The van der Waals surface area contributed by atoms with Crippen molar-refractivity contribution >= 4 is 34.0 Å². The molecule has 0 radical (unpaired) electrons. The van der Waals surface area contributed by atoms with Crippen molar-refractivity contribution < 1.29 is 14.3 Å². The van der Waals surface area contributed by atoms with Gasteiger partial charge in [0.15, 0.2) is 0 Å². The molecule has 6 nitrogen and oxygen atoms in total. The number of nitrogens with one attached hydrogen (secondary N) is 2. The minimum atomic E-state index is -0.817. The van der Waals surface area contributed by atoms with Crippen molar-refractivity contribution in [3.63, 3.8) is 0 Å². The molecule has 0 saturated carbocycles. The van der Waals surface area contributed by atoms with Crippen LogP contribution in [0.3, 0.4) is 0 Å². The standard InChI is InChI=1S/C19H20BrN3O3/c1-2-26-17-9-8-16(20)12-15(17)13-22-23-19(25)18(24)21-11-10-14-6-4-3-5-7-14/h3-9,12-13H,2,10-11H2,1H3,(H,21,24)(H,23,25)/b22-13-. The van der Waals surface area contributed by atoms with Crippen molar-refractivity contribution in [2.75, 3.05) is 13.2 Å². The number of halogens is 1. The number of carbonyl (C=O) groups excluding carboxylic acids is 2. The van der Waals surface area contributed by atoms with Crippen molar-refractivity contribution in [1.29, 1.82) is 0 Å². The lowest BCUT2D eigenvalue weighted by Gasteiger charge is -2.07. The first-order valence-corrected chi connectivity index (χ1v) is 8.97. The molecule has 0 aliphatic heterocycles. The van der Waals surface area contributed by atoms with Gasteiger partial charge in [-0.15, -0.1) is 0 Å². The number of carbonyl (C=O) groups is 2. The molecule has 7 heteroatoms. The van der Waals surface area contributed by atoms with Crippen LogP contribution in [0.4, 0.5) is 0 Å². The lowest BCUT2D eigenvalue weighted by molar-refractivity contribution is -0.139. The second-order valence-corrected chi connectivity index (χ2v) is 6.22. The zero-order chi connectivity index (χ0) is 18.8. The molecular weight excluding hydrogens is 398 g/mol. The van der Waals surface area contributed by atoms with Gasteiger partial charge < -0.3 is 10.1 Å². The third-order valence-corrected chi connectivity index (χ3v) is 3.88. The maximum atomic E-state index is 11.8. The van der Waals surface area contributed by atoms with Crippen LogP contribution >= 0.6 is 15.9 Å². The number of hydrogen-bond donors (Lipinski definition) is 2. The topological polar surface area (TPSA) is 79.8 Å². The lowest BCUT2D eigenvalue weighted by Crippen LogP contribution is -2.38. The Morgan fingerprint density at radius 3 is 2.65 bits per heavy atom. The Hall–Kier alpha value is -2.67. The normalized spacial score (nSPS) is 10.5. The van der Waals surface area contributed by atoms with Gasteiger partial charge in [-0.05, 0) is 37.1 Å². The Bertz CT molecular complexity index is 779. The molecular formula is C19H20BrN3O3. The van der Waals surface area contributed by atoms with E-state index in [1.807, 2.05) is 43.3 Å². The summed E-state index contributed by atoms with van der Waals surface area (Å²) in [6.45, 7) is 2.77. The molecule has 136 valence electrons. The summed E-state index contributed by atoms with van der Waals surface area (Å²) < 4.78 is 6.34. The second-order valence-electron chi connectivity index (χ2n) is 5.31. The molecule has 0 spiro atoms. The Morgan fingerprint density at radius 1 is 1.15 bits per heavy atom. The zero-order valence-corrected chi connectivity index (χ0v) is 16.0. The Kier molecular flexibility index (Phi) is 7.82. The van der Waals surface area contributed by atoms with Gasteiger partial charge in [0.2, 0.25) is 0 Å². The first-order chi connectivity index (χ1) is 12.6. The van der Waals surface area contributed by atoms with Crippen LogP contribution in [0.25, 0.3) is 0 Å². The maximum absolute atomic E-state index is 11.8. The van der Waals surface area contributed by atoms with E-state index in [1.54, 1.807) is 12.1 Å². The first kappa shape index (κ1) is 19.7. The number of rotatable bonds is 7. The maximum Gasteiger partial charge on any atom is 0.329 e. The summed E-state index contributed by atoms with van der Waals surface area (Å²) >= 11 is 3.37. The number of nitrogens with zero attached hydrogens (tertiary/aromatic N) is 1. The average molecular weight is 418 g/mol. The molecule has 0 fully saturated rings. The van der Waals surface area contributed by atoms with Gasteiger partial charge in [0.25, 0.3) is 0 Å². The predicted octanol–water partition coefficient (Wildman–Crippen LogP) is 2.66. The van der Waals surface area contributed by atoms with Crippen LogP contribution in [0.15, 0.2) is 58.1 Å². The van der Waals surface area contributed by atoms with E-state index in [-0.39, 0.29) is 0 Å². The molecule has 0 saturated heterocycles. The second kappa shape index (κ2) is 10.4. The van der Waals surface area contributed by atoms with E-state index in [2.05, 4.69) is 31.8 Å². The van der Waals surface area contributed by atoms with Crippen molar-refractivity contribution in [2.24, 2.45) is 5.10 Å². The van der Waals surface area contributed by atoms with E-state index >= 15 is 0 Å². The highest BCUT2D eigenvalue weighted by Crippen LogP contribution is 2.21. The number of benzene rings is 2. The monoisotopic (exact) mass is 417 g/mol. The molecule has 0 bridgehead atoms. The fourth-order valence-electron chi connectivity index (χ4n) is 2.16. The molecule has 0 heterocycles. The molecule has 2 rings (SSSR count). The predicted molar refractivity (Wildman–Crippen MR) is 104 cm³/mol. The third-order valence-electron chi connectivity index (χ3n) is 3.39. The third kappa shape index (κ3) is 6.33. The van der Waals surface area contributed by atoms with Crippen LogP contribution in [-0.2, 0) is 16.0 Å². The van der Waals surface area contributed by atoms with Crippen molar-refractivity contribution in [1.82, 2.24) is 10.7 Å². The molecule has 2 aromatic carbocycles. The van der Waals surface area contributed by atoms with Gasteiger partial charge in [0.05, 0.1) is 12.8 Å². The van der Waals surface area contributed by atoms with E-state index < -0.39 is 11.8 Å². The molecule has 26 heavy (non-hydrogen) atoms. The molecule has 2 amide bonds. The van der Waals surface area contributed by atoms with Gasteiger partial charge in [-0.2, -0.15) is 5.10 Å². The lowest BCUT2D eigenvalue weighted by atomic mass is 10.1. The van der Waals surface area contributed by atoms with Crippen molar-refractivity contribution in [2.45, 2.75) is 13.3 Å². The van der Waals surface area contributed by atoms with Crippen molar-refractivity contribution in [3.05, 3.63) is 64.1 Å². The Labute approximate surface area is 160 Å². The van der Waals surface area contributed by atoms with Crippen LogP contribution in [0.1, 0.15) is 18.1 Å². The van der Waals surface area contributed by atoms with Gasteiger partial charge in [0, 0.05) is 16.6 Å². The SMILES string of the molecule is CCOc1ccc(Br)cc1/C=N\NC(=O)C(=O)NCCc1ccccc1. The van der Waals surface area contributed by atoms with Crippen LogP contribution in [0, 0.1) is 0 Å². The van der Waals surface area contributed by atoms with E-state index in [9.17, 15) is 9.59 Å². The molecule has 0 aromatic heterocycles. The minimum Gasteiger partial charge on any atom is -0.493 e. The van der Waals surface area contributed by atoms with E-state index in [0.717, 1.165) is 10.0 Å². The summed E-state index contributed by atoms with van der Waals surface area (Å²) in [5.74, 6) is -0.902. The van der Waals surface area contributed by atoms with E-state index in [4.69, 9.17) is 4.74 Å². The molecule has 2 N–H and O–H groups in total. The highest BCUT2D eigenvalue weighted by Gasteiger charge is 2.11. The summed E-state index contributed by atoms with van der Waals surface area (Å²) in [5.41, 5.74) is 3.99. The number of amides is 2. The van der Waals surface area contributed by atoms with Gasteiger partial charge in [-0.1, -0.05) is 46.3 Å². The minimum absolute atomic E-state index is 0.375. The average Bonchev–Trinajstić information content (AvgIpc) is 2.64. The van der Waals surface area contributed by atoms with Gasteiger partial charge in [-0.25, -0.2) is 5.43 Å². The van der Waals surface area contributed by atoms with E-state index in [1.165, 1.54) is 6.21 Å². The molecule has 0 unspecified atom stereocenters. The Morgan fingerprint density at radius 2 is 1.92 bits per heavy atom. The Balaban J connectivity index is 1.83. The number of ether oxygens (including phenoxy) is 1.